The lowest BCUT2D eigenvalue weighted by molar-refractivity contribution is -0.127. The summed E-state index contributed by atoms with van der Waals surface area (Å²) in [5, 5.41) is 6.12. The minimum atomic E-state index is 0.0793. The van der Waals surface area contributed by atoms with Crippen LogP contribution < -0.4 is 10.6 Å². The van der Waals surface area contributed by atoms with E-state index < -0.39 is 0 Å². The molecule has 0 aromatic heterocycles. The summed E-state index contributed by atoms with van der Waals surface area (Å²) in [6, 6.07) is 1.06. The molecule has 3 rings (SSSR count). The molecule has 2 saturated heterocycles. The predicted molar refractivity (Wildman–Crippen MR) is 93.7 cm³/mol. The van der Waals surface area contributed by atoms with Gasteiger partial charge in [0.15, 0.2) is 0 Å². The Morgan fingerprint density at radius 2 is 1.79 bits per heavy atom. The highest BCUT2D eigenvalue weighted by Gasteiger charge is 2.34. The zero-order valence-corrected chi connectivity index (χ0v) is 14.9. The lowest BCUT2D eigenvalue weighted by Crippen LogP contribution is -2.53. The molecule has 136 valence electrons. The third-order valence-corrected chi connectivity index (χ3v) is 5.54. The van der Waals surface area contributed by atoms with Gasteiger partial charge in [0, 0.05) is 38.3 Å². The first-order valence-corrected chi connectivity index (χ1v) is 9.74. The van der Waals surface area contributed by atoms with Gasteiger partial charge in [0.05, 0.1) is 5.92 Å². The number of hydrogen-bond donors (Lipinski definition) is 2. The van der Waals surface area contributed by atoms with Gasteiger partial charge in [0.2, 0.25) is 5.91 Å². The number of nitrogens with one attached hydrogen (secondary N) is 2. The van der Waals surface area contributed by atoms with E-state index in [1.54, 1.807) is 0 Å². The molecule has 2 aliphatic heterocycles. The van der Waals surface area contributed by atoms with Crippen molar-refractivity contribution in [3.63, 3.8) is 0 Å². The minimum absolute atomic E-state index is 0.0793. The second-order valence-corrected chi connectivity index (χ2v) is 7.57. The van der Waals surface area contributed by atoms with E-state index in [-0.39, 0.29) is 17.9 Å². The molecule has 6 heteroatoms. The van der Waals surface area contributed by atoms with E-state index in [1.807, 2.05) is 4.90 Å². The number of carbonyl (C=O) groups is 2. The summed E-state index contributed by atoms with van der Waals surface area (Å²) in [5.74, 6) is 0.420. The SMILES string of the molecule is CCCNC(=O)N1CCC(N2CCC[C@H](C(=O)NC3CC3)C2)CC1. The van der Waals surface area contributed by atoms with Crippen LogP contribution in [0, 0.1) is 5.92 Å². The van der Waals surface area contributed by atoms with E-state index >= 15 is 0 Å². The van der Waals surface area contributed by atoms with Gasteiger partial charge in [-0.05, 0) is 51.5 Å². The number of piperidine rings is 2. The van der Waals surface area contributed by atoms with E-state index in [0.29, 0.717) is 12.1 Å². The molecule has 1 aliphatic carbocycles. The van der Waals surface area contributed by atoms with Crippen molar-refractivity contribution in [1.82, 2.24) is 20.4 Å². The van der Waals surface area contributed by atoms with Crippen LogP contribution in [0.4, 0.5) is 4.79 Å². The Morgan fingerprint density at radius 3 is 2.46 bits per heavy atom. The van der Waals surface area contributed by atoms with Crippen LogP contribution in [0.5, 0.6) is 0 Å². The molecule has 0 aromatic rings. The first-order valence-electron chi connectivity index (χ1n) is 9.74. The molecule has 2 N–H and O–H groups in total. The standard InChI is InChI=1S/C18H32N4O2/c1-2-9-19-18(24)21-11-7-16(8-12-21)22-10-3-4-14(13-22)17(23)20-15-5-6-15/h14-16H,2-13H2,1H3,(H,19,24)(H,20,23)/t14-/m0/s1. The van der Waals surface area contributed by atoms with Crippen LogP contribution in [-0.4, -0.2) is 66.5 Å². The maximum Gasteiger partial charge on any atom is 0.317 e. The Labute approximate surface area is 145 Å². The van der Waals surface area contributed by atoms with E-state index in [1.165, 1.54) is 0 Å². The van der Waals surface area contributed by atoms with Crippen molar-refractivity contribution in [3.8, 4) is 0 Å². The van der Waals surface area contributed by atoms with Crippen molar-refractivity contribution in [2.45, 2.75) is 64.0 Å². The molecule has 0 unspecified atom stereocenters. The summed E-state index contributed by atoms with van der Waals surface area (Å²) in [5.41, 5.74) is 0. The van der Waals surface area contributed by atoms with Crippen molar-refractivity contribution in [2.24, 2.45) is 5.92 Å². The van der Waals surface area contributed by atoms with Crippen LogP contribution in [0.3, 0.4) is 0 Å². The van der Waals surface area contributed by atoms with Gasteiger partial charge in [-0.1, -0.05) is 6.92 Å². The Balaban J connectivity index is 1.43. The molecule has 3 amide bonds. The fraction of sp³-hybridized carbons (Fsp3) is 0.889. The maximum atomic E-state index is 12.3. The Bertz CT molecular complexity index is 444. The number of nitrogens with zero attached hydrogens (tertiary/aromatic N) is 2. The van der Waals surface area contributed by atoms with Crippen molar-refractivity contribution >= 4 is 11.9 Å². The van der Waals surface area contributed by atoms with Crippen LogP contribution in [-0.2, 0) is 4.79 Å². The summed E-state index contributed by atoms with van der Waals surface area (Å²) in [7, 11) is 0. The topological polar surface area (TPSA) is 64.7 Å². The zero-order chi connectivity index (χ0) is 16.9. The number of urea groups is 1. The molecule has 2 heterocycles. The van der Waals surface area contributed by atoms with Gasteiger partial charge in [0.1, 0.15) is 0 Å². The molecule has 0 radical (unpaired) electrons. The first kappa shape index (κ1) is 17.5. The summed E-state index contributed by atoms with van der Waals surface area (Å²) in [6.07, 6.45) is 7.46. The zero-order valence-electron chi connectivity index (χ0n) is 14.9. The van der Waals surface area contributed by atoms with E-state index in [9.17, 15) is 9.59 Å². The Kier molecular flexibility index (Phi) is 5.98. The van der Waals surface area contributed by atoms with Gasteiger partial charge in [-0.2, -0.15) is 0 Å². The average molecular weight is 336 g/mol. The summed E-state index contributed by atoms with van der Waals surface area (Å²) in [6.45, 7) is 6.47. The lowest BCUT2D eigenvalue weighted by atomic mass is 9.93. The third-order valence-electron chi connectivity index (χ3n) is 5.54. The highest BCUT2D eigenvalue weighted by Crippen LogP contribution is 2.25. The smallest absolute Gasteiger partial charge is 0.317 e. The van der Waals surface area contributed by atoms with Gasteiger partial charge in [-0.15, -0.1) is 0 Å². The number of rotatable bonds is 5. The molecule has 24 heavy (non-hydrogen) atoms. The molecule has 3 aliphatic rings. The largest absolute Gasteiger partial charge is 0.353 e. The highest BCUT2D eigenvalue weighted by atomic mass is 16.2. The van der Waals surface area contributed by atoms with E-state index in [0.717, 1.165) is 77.7 Å². The number of amides is 3. The Hall–Kier alpha value is -1.30. The summed E-state index contributed by atoms with van der Waals surface area (Å²) in [4.78, 5) is 28.8. The van der Waals surface area contributed by atoms with Gasteiger partial charge in [-0.3, -0.25) is 9.69 Å². The van der Waals surface area contributed by atoms with Gasteiger partial charge in [-0.25, -0.2) is 4.79 Å². The predicted octanol–water partition coefficient (Wildman–Crippen LogP) is 1.56. The normalized spacial score (nSPS) is 26.2. The van der Waals surface area contributed by atoms with Crippen molar-refractivity contribution < 1.29 is 9.59 Å². The molecule has 1 saturated carbocycles. The fourth-order valence-electron chi connectivity index (χ4n) is 3.88. The van der Waals surface area contributed by atoms with Crippen molar-refractivity contribution in [1.29, 1.82) is 0 Å². The van der Waals surface area contributed by atoms with Crippen LogP contribution in [0.15, 0.2) is 0 Å². The molecule has 3 fully saturated rings. The molecular formula is C18H32N4O2. The minimum Gasteiger partial charge on any atom is -0.353 e. The first-order chi connectivity index (χ1) is 11.7. The van der Waals surface area contributed by atoms with E-state index in [4.69, 9.17) is 0 Å². The van der Waals surface area contributed by atoms with Crippen molar-refractivity contribution in [2.75, 3.05) is 32.7 Å². The fourth-order valence-corrected chi connectivity index (χ4v) is 3.88. The monoisotopic (exact) mass is 336 g/mol. The van der Waals surface area contributed by atoms with Crippen LogP contribution in [0.25, 0.3) is 0 Å². The van der Waals surface area contributed by atoms with E-state index in [2.05, 4.69) is 22.5 Å². The molecule has 0 aromatic carbocycles. The van der Waals surface area contributed by atoms with Crippen LogP contribution >= 0.6 is 0 Å². The third kappa shape index (κ3) is 4.62. The number of likely N-dealkylation sites (tertiary alicyclic amines) is 2. The molecule has 0 spiro atoms. The lowest BCUT2D eigenvalue weighted by Gasteiger charge is -2.42. The summed E-state index contributed by atoms with van der Waals surface area (Å²) < 4.78 is 0. The molecular weight excluding hydrogens is 304 g/mol. The molecule has 6 nitrogen and oxygen atoms in total. The maximum absolute atomic E-state index is 12.3. The molecule has 0 bridgehead atoms. The highest BCUT2D eigenvalue weighted by molar-refractivity contribution is 5.79. The van der Waals surface area contributed by atoms with Gasteiger partial charge in [0.25, 0.3) is 0 Å². The summed E-state index contributed by atoms with van der Waals surface area (Å²) >= 11 is 0. The second-order valence-electron chi connectivity index (χ2n) is 7.57. The second kappa shape index (κ2) is 8.19. The van der Waals surface area contributed by atoms with Gasteiger partial charge >= 0.3 is 6.03 Å². The van der Waals surface area contributed by atoms with Crippen molar-refractivity contribution in [3.05, 3.63) is 0 Å². The number of carbonyl (C=O) groups excluding carboxylic acids is 2. The Morgan fingerprint density at radius 1 is 1.04 bits per heavy atom. The number of hydrogen-bond acceptors (Lipinski definition) is 3. The van der Waals surface area contributed by atoms with Gasteiger partial charge < -0.3 is 15.5 Å². The quantitative estimate of drug-likeness (QED) is 0.801. The van der Waals surface area contributed by atoms with Crippen LogP contribution in [0.1, 0.15) is 51.9 Å². The average Bonchev–Trinajstić information content (AvgIpc) is 3.44. The molecule has 1 atom stereocenters. The van der Waals surface area contributed by atoms with Crippen LogP contribution in [0.2, 0.25) is 0 Å².